The predicted molar refractivity (Wildman–Crippen MR) is 83.2 cm³/mol. The minimum Gasteiger partial charge on any atom is -0.483 e. The third-order valence-corrected chi connectivity index (χ3v) is 3.22. The molecule has 0 radical (unpaired) electrons. The minimum absolute atomic E-state index is 0.105. The van der Waals surface area contributed by atoms with E-state index in [9.17, 15) is 4.79 Å². The monoisotopic (exact) mass is 316 g/mol. The Labute approximate surface area is 129 Å². The number of hydrogen-bond donors (Lipinski definition) is 1. The lowest BCUT2D eigenvalue weighted by atomic mass is 10.1. The van der Waals surface area contributed by atoms with Crippen LogP contribution in [0.4, 0.5) is 0 Å². The summed E-state index contributed by atoms with van der Waals surface area (Å²) in [6.45, 7) is 5.81. The summed E-state index contributed by atoms with van der Waals surface area (Å²) in [7, 11) is 0. The zero-order valence-electron chi connectivity index (χ0n) is 11.8. The molecule has 1 amide bonds. The number of halogens is 2. The highest BCUT2D eigenvalue weighted by molar-refractivity contribution is 6.37. The zero-order valence-corrected chi connectivity index (χ0v) is 13.3. The first-order valence-electron chi connectivity index (χ1n) is 6.14. The summed E-state index contributed by atoms with van der Waals surface area (Å²) >= 11 is 11.2. The molecular weight excluding hydrogens is 299 g/mol. The molecule has 0 unspecified atom stereocenters. The van der Waals surface area contributed by atoms with E-state index in [0.29, 0.717) is 5.71 Å². The molecule has 0 atom stereocenters. The molecule has 6 heteroatoms. The largest absolute Gasteiger partial charge is 0.483 e. The topological polar surface area (TPSA) is 50.7 Å². The second-order valence-corrected chi connectivity index (χ2v) is 5.03. The van der Waals surface area contributed by atoms with Crippen molar-refractivity contribution in [3.05, 3.63) is 28.8 Å². The summed E-state index contributed by atoms with van der Waals surface area (Å²) in [5.41, 5.74) is 6.03. The fourth-order valence-electron chi connectivity index (χ4n) is 1.80. The number of ether oxygens (including phenoxy) is 1. The molecule has 0 saturated heterocycles. The maximum atomic E-state index is 11.6. The summed E-state index contributed by atoms with van der Waals surface area (Å²) in [5, 5.41) is 3.81. The van der Waals surface area contributed by atoms with E-state index in [4.69, 9.17) is 27.9 Å². The molecule has 0 aliphatic heterocycles. The first-order chi connectivity index (χ1) is 9.47. The lowest BCUT2D eigenvalue weighted by Gasteiger charge is -2.12. The van der Waals surface area contributed by atoms with Crippen molar-refractivity contribution in [1.82, 2.24) is 5.43 Å². The summed E-state index contributed by atoms with van der Waals surface area (Å²) in [4.78, 5) is 11.6. The zero-order chi connectivity index (χ0) is 15.1. The van der Waals surface area contributed by atoms with Crippen LogP contribution in [0.25, 0.3) is 0 Å². The van der Waals surface area contributed by atoms with Gasteiger partial charge < -0.3 is 4.74 Å². The average Bonchev–Trinajstić information content (AvgIpc) is 2.38. The number of carbonyl (C=O) groups excluding carboxylic acids is 1. The Hall–Kier alpha value is -1.26. The van der Waals surface area contributed by atoms with Crippen LogP contribution in [0, 0.1) is 20.8 Å². The van der Waals surface area contributed by atoms with Gasteiger partial charge in [-0.05, 0) is 31.9 Å². The standard InChI is InChI=1S/C14H18Cl2N2O2/c1-9-4-10(2)14(11(3)5-9)20-8-13(19)18-17-12(6-15)7-16/h4-5H,6-8H2,1-3H3,(H,18,19). The van der Waals surface area contributed by atoms with Crippen LogP contribution in [0.5, 0.6) is 5.75 Å². The van der Waals surface area contributed by atoms with E-state index in [2.05, 4.69) is 10.5 Å². The van der Waals surface area contributed by atoms with E-state index in [1.165, 1.54) is 0 Å². The number of amides is 1. The van der Waals surface area contributed by atoms with Crippen molar-refractivity contribution in [2.75, 3.05) is 18.4 Å². The molecule has 0 aliphatic rings. The summed E-state index contributed by atoms with van der Waals surface area (Å²) in [6.07, 6.45) is 0. The van der Waals surface area contributed by atoms with E-state index in [1.54, 1.807) is 0 Å². The maximum Gasteiger partial charge on any atom is 0.277 e. The van der Waals surface area contributed by atoms with Crippen molar-refractivity contribution in [3.8, 4) is 5.75 Å². The van der Waals surface area contributed by atoms with Crippen LogP contribution in [0.15, 0.2) is 17.2 Å². The molecule has 0 fully saturated rings. The van der Waals surface area contributed by atoms with Gasteiger partial charge in [-0.3, -0.25) is 4.79 Å². The van der Waals surface area contributed by atoms with Gasteiger partial charge >= 0.3 is 0 Å². The Kier molecular flexibility index (Phi) is 6.82. The van der Waals surface area contributed by atoms with Gasteiger partial charge in [0, 0.05) is 0 Å². The molecule has 1 N–H and O–H groups in total. The number of alkyl halides is 2. The smallest absolute Gasteiger partial charge is 0.277 e. The summed E-state index contributed by atoms with van der Waals surface area (Å²) < 4.78 is 5.54. The van der Waals surface area contributed by atoms with Gasteiger partial charge in [0.05, 0.1) is 17.5 Å². The Morgan fingerprint density at radius 1 is 1.20 bits per heavy atom. The number of rotatable bonds is 6. The van der Waals surface area contributed by atoms with Gasteiger partial charge in [-0.25, -0.2) is 5.43 Å². The van der Waals surface area contributed by atoms with Crippen molar-refractivity contribution in [3.63, 3.8) is 0 Å². The Morgan fingerprint density at radius 2 is 1.75 bits per heavy atom. The van der Waals surface area contributed by atoms with E-state index >= 15 is 0 Å². The van der Waals surface area contributed by atoms with Crippen molar-refractivity contribution < 1.29 is 9.53 Å². The van der Waals surface area contributed by atoms with Crippen LogP contribution in [0.2, 0.25) is 0 Å². The van der Waals surface area contributed by atoms with Crippen molar-refractivity contribution >= 4 is 34.8 Å². The van der Waals surface area contributed by atoms with E-state index < -0.39 is 0 Å². The van der Waals surface area contributed by atoms with Crippen molar-refractivity contribution in [2.45, 2.75) is 20.8 Å². The van der Waals surface area contributed by atoms with Gasteiger partial charge in [0.25, 0.3) is 5.91 Å². The molecular formula is C14H18Cl2N2O2. The Balaban J connectivity index is 2.60. The van der Waals surface area contributed by atoms with Crippen LogP contribution < -0.4 is 10.2 Å². The van der Waals surface area contributed by atoms with Crippen LogP contribution in [-0.2, 0) is 4.79 Å². The maximum absolute atomic E-state index is 11.6. The molecule has 1 rings (SSSR count). The number of nitrogens with one attached hydrogen (secondary N) is 1. The predicted octanol–water partition coefficient (Wildman–Crippen LogP) is 2.94. The molecule has 0 aromatic heterocycles. The number of nitrogens with zero attached hydrogens (tertiary/aromatic N) is 1. The number of aryl methyl sites for hydroxylation is 3. The minimum atomic E-state index is -0.350. The highest BCUT2D eigenvalue weighted by Gasteiger charge is 2.08. The molecule has 20 heavy (non-hydrogen) atoms. The Bertz CT molecular complexity index is 487. The molecule has 0 bridgehead atoms. The third kappa shape index (κ3) is 5.02. The molecule has 4 nitrogen and oxygen atoms in total. The number of carbonyl (C=O) groups is 1. The van der Waals surface area contributed by atoms with Gasteiger partial charge in [0.15, 0.2) is 6.61 Å². The second kappa shape index (κ2) is 8.12. The highest BCUT2D eigenvalue weighted by Crippen LogP contribution is 2.24. The first kappa shape index (κ1) is 16.8. The van der Waals surface area contributed by atoms with Crippen LogP contribution in [-0.4, -0.2) is 30.0 Å². The van der Waals surface area contributed by atoms with Gasteiger partial charge in [-0.2, -0.15) is 5.10 Å². The fourth-order valence-corrected chi connectivity index (χ4v) is 2.21. The second-order valence-electron chi connectivity index (χ2n) is 4.50. The van der Waals surface area contributed by atoms with Crippen LogP contribution in [0.3, 0.4) is 0 Å². The third-order valence-electron chi connectivity index (χ3n) is 2.60. The normalized spacial score (nSPS) is 10.1. The molecule has 1 aromatic rings. The quantitative estimate of drug-likeness (QED) is 0.498. The van der Waals surface area contributed by atoms with E-state index in [0.717, 1.165) is 22.4 Å². The van der Waals surface area contributed by atoms with Crippen molar-refractivity contribution in [2.24, 2.45) is 5.10 Å². The van der Waals surface area contributed by atoms with E-state index in [-0.39, 0.29) is 24.3 Å². The number of hydrogen-bond acceptors (Lipinski definition) is 3. The lowest BCUT2D eigenvalue weighted by molar-refractivity contribution is -0.123. The molecule has 0 saturated carbocycles. The van der Waals surface area contributed by atoms with Crippen LogP contribution in [0.1, 0.15) is 16.7 Å². The fraction of sp³-hybridized carbons (Fsp3) is 0.429. The van der Waals surface area contributed by atoms with Crippen LogP contribution >= 0.6 is 23.2 Å². The Morgan fingerprint density at radius 3 is 2.25 bits per heavy atom. The SMILES string of the molecule is Cc1cc(C)c(OCC(=O)NN=C(CCl)CCl)c(C)c1. The molecule has 0 aliphatic carbocycles. The lowest BCUT2D eigenvalue weighted by Crippen LogP contribution is -2.26. The van der Waals surface area contributed by atoms with E-state index in [1.807, 2.05) is 32.9 Å². The summed E-state index contributed by atoms with van der Waals surface area (Å²) in [6, 6.07) is 4.02. The number of benzene rings is 1. The van der Waals surface area contributed by atoms with Gasteiger partial charge in [-0.15, -0.1) is 23.2 Å². The molecule has 0 heterocycles. The number of hydrazone groups is 1. The van der Waals surface area contributed by atoms with Crippen molar-refractivity contribution in [1.29, 1.82) is 0 Å². The van der Waals surface area contributed by atoms with Gasteiger partial charge in [0.1, 0.15) is 5.75 Å². The van der Waals surface area contributed by atoms with Gasteiger partial charge in [0.2, 0.25) is 0 Å². The molecule has 1 aromatic carbocycles. The molecule has 0 spiro atoms. The first-order valence-corrected chi connectivity index (χ1v) is 7.21. The average molecular weight is 317 g/mol. The highest BCUT2D eigenvalue weighted by atomic mass is 35.5. The van der Waals surface area contributed by atoms with Gasteiger partial charge in [-0.1, -0.05) is 17.7 Å². The molecule has 110 valence electrons. The summed E-state index contributed by atoms with van der Waals surface area (Å²) in [5.74, 6) is 0.739.